The van der Waals surface area contributed by atoms with E-state index in [2.05, 4.69) is 34.8 Å². The molecular formula is C24H23N5O2. The average Bonchev–Trinajstić information content (AvgIpc) is 3.10. The molecule has 4 heterocycles. The lowest BCUT2D eigenvalue weighted by atomic mass is 10.0. The molecule has 2 atom stereocenters. The number of benzene rings is 1. The van der Waals surface area contributed by atoms with Crippen molar-refractivity contribution in [2.24, 2.45) is 17.6 Å². The third-order valence-corrected chi connectivity index (χ3v) is 6.26. The number of hydrogen-bond donors (Lipinski definition) is 2. The molecule has 0 aliphatic carbocycles. The van der Waals surface area contributed by atoms with Crippen LogP contribution in [-0.4, -0.2) is 33.9 Å². The van der Waals surface area contributed by atoms with Crippen molar-refractivity contribution in [3.63, 3.8) is 0 Å². The maximum Gasteiger partial charge on any atom is 0.268 e. The van der Waals surface area contributed by atoms with Gasteiger partial charge in [0.15, 0.2) is 5.43 Å². The highest BCUT2D eigenvalue weighted by molar-refractivity contribution is 6.04. The molecule has 7 nitrogen and oxygen atoms in total. The van der Waals surface area contributed by atoms with E-state index < -0.39 is 5.91 Å². The molecule has 1 amide bonds. The summed E-state index contributed by atoms with van der Waals surface area (Å²) in [6, 6.07) is 13.2. The lowest BCUT2D eigenvalue weighted by Crippen LogP contribution is -2.22. The molecular weight excluding hydrogens is 390 g/mol. The van der Waals surface area contributed by atoms with Crippen LogP contribution in [0.1, 0.15) is 24.3 Å². The first-order chi connectivity index (χ1) is 14.9. The minimum Gasteiger partial charge on any atom is -0.364 e. The number of nitrogens with zero attached hydrogens (tertiary/aromatic N) is 3. The predicted octanol–water partition coefficient (Wildman–Crippen LogP) is 3.33. The van der Waals surface area contributed by atoms with Crippen LogP contribution >= 0.6 is 0 Å². The van der Waals surface area contributed by atoms with Crippen LogP contribution < -0.4 is 16.1 Å². The van der Waals surface area contributed by atoms with E-state index in [4.69, 9.17) is 10.7 Å². The standard InChI is InChI=1S/C24H23N5O2/c1-13-11-29(12-14(13)2)24-16(9-15-5-3-4-6-17(15)28-24)19-10-20(30)21-18(27-19)7-8-26-22(21)23(25)31/h3-10,13-14H,11-12H2,1-2H3,(H2,25,31)(H,27,30)/t13-,14-/m0/s1. The zero-order chi connectivity index (χ0) is 21.7. The first-order valence-electron chi connectivity index (χ1n) is 10.4. The molecule has 31 heavy (non-hydrogen) atoms. The Morgan fingerprint density at radius 3 is 2.61 bits per heavy atom. The minimum atomic E-state index is -0.725. The highest BCUT2D eigenvalue weighted by Crippen LogP contribution is 2.35. The number of carbonyl (C=O) groups excluding carboxylic acids is 1. The number of aromatic nitrogens is 3. The molecule has 1 fully saturated rings. The molecule has 1 aliphatic heterocycles. The zero-order valence-corrected chi connectivity index (χ0v) is 17.4. The van der Waals surface area contributed by atoms with Gasteiger partial charge in [-0.25, -0.2) is 4.98 Å². The molecule has 1 aliphatic rings. The lowest BCUT2D eigenvalue weighted by Gasteiger charge is -2.22. The number of rotatable bonds is 3. The molecule has 1 aromatic carbocycles. The van der Waals surface area contributed by atoms with Crippen LogP contribution in [0.25, 0.3) is 33.1 Å². The van der Waals surface area contributed by atoms with Gasteiger partial charge in [-0.3, -0.25) is 14.6 Å². The Hall–Kier alpha value is -3.74. The van der Waals surface area contributed by atoms with Crippen molar-refractivity contribution in [1.29, 1.82) is 0 Å². The number of para-hydroxylation sites is 1. The van der Waals surface area contributed by atoms with Crippen LogP contribution in [0.2, 0.25) is 0 Å². The first kappa shape index (κ1) is 19.2. The number of pyridine rings is 3. The van der Waals surface area contributed by atoms with Crippen molar-refractivity contribution < 1.29 is 4.79 Å². The Bertz CT molecular complexity index is 1380. The maximum atomic E-state index is 13.0. The van der Waals surface area contributed by atoms with Crippen LogP contribution in [0.5, 0.6) is 0 Å². The van der Waals surface area contributed by atoms with Gasteiger partial charge in [0.25, 0.3) is 5.91 Å². The van der Waals surface area contributed by atoms with Gasteiger partial charge in [0.1, 0.15) is 11.5 Å². The normalized spacial score (nSPS) is 18.7. The number of carbonyl (C=O) groups is 1. The molecule has 0 unspecified atom stereocenters. The van der Waals surface area contributed by atoms with Crippen molar-refractivity contribution in [2.45, 2.75) is 13.8 Å². The van der Waals surface area contributed by atoms with Crippen LogP contribution in [0, 0.1) is 11.8 Å². The maximum absolute atomic E-state index is 13.0. The predicted molar refractivity (Wildman–Crippen MR) is 122 cm³/mol. The molecule has 3 N–H and O–H groups in total. The summed E-state index contributed by atoms with van der Waals surface area (Å²) >= 11 is 0. The highest BCUT2D eigenvalue weighted by Gasteiger charge is 2.29. The first-order valence-corrected chi connectivity index (χ1v) is 10.4. The summed E-state index contributed by atoms with van der Waals surface area (Å²) in [5.74, 6) is 1.24. The van der Waals surface area contributed by atoms with Crippen molar-refractivity contribution in [3.8, 4) is 11.3 Å². The van der Waals surface area contributed by atoms with Crippen LogP contribution in [0.4, 0.5) is 5.82 Å². The Morgan fingerprint density at radius 1 is 1.13 bits per heavy atom. The van der Waals surface area contributed by atoms with Crippen molar-refractivity contribution >= 4 is 33.5 Å². The fourth-order valence-electron chi connectivity index (χ4n) is 4.38. The van der Waals surface area contributed by atoms with Crippen molar-refractivity contribution in [2.75, 3.05) is 18.0 Å². The minimum absolute atomic E-state index is 0.0237. The molecule has 0 saturated carbocycles. The third kappa shape index (κ3) is 3.22. The van der Waals surface area contributed by atoms with Crippen LogP contribution in [0.3, 0.4) is 0 Å². The topological polar surface area (TPSA) is 105 Å². The number of anilines is 1. The second kappa shape index (κ2) is 7.19. The lowest BCUT2D eigenvalue weighted by molar-refractivity contribution is 0.0997. The molecule has 4 aromatic rings. The summed E-state index contributed by atoms with van der Waals surface area (Å²) in [4.78, 5) is 39.3. The van der Waals surface area contributed by atoms with E-state index in [1.807, 2.05) is 24.3 Å². The zero-order valence-electron chi connectivity index (χ0n) is 17.4. The van der Waals surface area contributed by atoms with Crippen LogP contribution in [0.15, 0.2) is 53.5 Å². The summed E-state index contributed by atoms with van der Waals surface area (Å²) in [6.07, 6.45) is 1.48. The van der Waals surface area contributed by atoms with E-state index >= 15 is 0 Å². The van der Waals surface area contributed by atoms with Gasteiger partial charge in [-0.1, -0.05) is 32.0 Å². The fourth-order valence-corrected chi connectivity index (χ4v) is 4.38. The molecule has 5 rings (SSSR count). The monoisotopic (exact) mass is 413 g/mol. The summed E-state index contributed by atoms with van der Waals surface area (Å²) in [7, 11) is 0. The van der Waals surface area contributed by atoms with Gasteiger partial charge in [-0.05, 0) is 30.0 Å². The van der Waals surface area contributed by atoms with Crippen molar-refractivity contribution in [3.05, 3.63) is 64.6 Å². The Labute approximate surface area is 178 Å². The van der Waals surface area contributed by atoms with Gasteiger partial charge < -0.3 is 15.6 Å². The van der Waals surface area contributed by atoms with Gasteiger partial charge in [-0.2, -0.15) is 0 Å². The van der Waals surface area contributed by atoms with E-state index in [9.17, 15) is 9.59 Å². The SMILES string of the molecule is C[C@H]1CN(c2nc3ccccc3cc2-c2cc(=O)c3c(C(N)=O)nccc3[nH]2)C[C@@H]1C. The van der Waals surface area contributed by atoms with Gasteiger partial charge in [0.05, 0.1) is 22.1 Å². The molecule has 7 heteroatoms. The number of hydrogen-bond acceptors (Lipinski definition) is 5. The van der Waals surface area contributed by atoms with Crippen molar-refractivity contribution in [1.82, 2.24) is 15.0 Å². The molecule has 3 aromatic heterocycles. The Balaban J connectivity index is 1.76. The Morgan fingerprint density at radius 2 is 1.87 bits per heavy atom. The second-order valence-electron chi connectivity index (χ2n) is 8.41. The number of aromatic amines is 1. The van der Waals surface area contributed by atoms with E-state index in [1.165, 1.54) is 12.3 Å². The molecule has 0 radical (unpaired) electrons. The van der Waals surface area contributed by atoms with Gasteiger partial charge in [0.2, 0.25) is 0 Å². The molecule has 0 spiro atoms. The van der Waals surface area contributed by atoms with E-state index in [0.29, 0.717) is 23.0 Å². The number of H-pyrrole nitrogens is 1. The Kier molecular flexibility index (Phi) is 4.46. The third-order valence-electron chi connectivity index (χ3n) is 6.26. The number of amides is 1. The molecule has 0 bridgehead atoms. The summed E-state index contributed by atoms with van der Waals surface area (Å²) in [6.45, 7) is 6.32. The number of primary amides is 1. The van der Waals surface area contributed by atoms with Crippen LogP contribution in [-0.2, 0) is 0 Å². The number of nitrogens with two attached hydrogens (primary N) is 1. The number of fused-ring (bicyclic) bond motifs is 2. The van der Waals surface area contributed by atoms with Gasteiger partial charge in [0, 0.05) is 36.3 Å². The number of nitrogens with one attached hydrogen (secondary N) is 1. The summed E-state index contributed by atoms with van der Waals surface area (Å²) in [5.41, 5.74) is 8.05. The summed E-state index contributed by atoms with van der Waals surface area (Å²) in [5, 5.41) is 1.20. The van der Waals surface area contributed by atoms with Gasteiger partial charge >= 0.3 is 0 Å². The second-order valence-corrected chi connectivity index (χ2v) is 8.41. The quantitative estimate of drug-likeness (QED) is 0.536. The highest BCUT2D eigenvalue weighted by atomic mass is 16.1. The smallest absolute Gasteiger partial charge is 0.268 e. The molecule has 1 saturated heterocycles. The van der Waals surface area contributed by atoms with E-state index in [-0.39, 0.29) is 16.5 Å². The fraction of sp³-hybridized carbons (Fsp3) is 0.250. The summed E-state index contributed by atoms with van der Waals surface area (Å²) < 4.78 is 0. The van der Waals surface area contributed by atoms with E-state index in [1.54, 1.807) is 6.07 Å². The average molecular weight is 413 g/mol. The molecule has 156 valence electrons. The van der Waals surface area contributed by atoms with Gasteiger partial charge in [-0.15, -0.1) is 0 Å². The van der Waals surface area contributed by atoms with E-state index in [0.717, 1.165) is 35.4 Å². The largest absolute Gasteiger partial charge is 0.364 e.